The molecule has 3 rings (SSSR count). The first-order valence-electron chi connectivity index (χ1n) is 9.73. The van der Waals surface area contributed by atoms with E-state index in [1.54, 1.807) is 0 Å². The molecule has 1 heterocycles. The molecule has 28 heavy (non-hydrogen) atoms. The molecule has 1 aliphatic heterocycles. The standard InChI is InChI=1S/C23H28ClN3O/c1-18(16-19-8-4-3-5-9-19)23(28)25-17-22(20-10-6-7-11-21(20)24)27-14-12-26(2)13-15-27/h3-11,16,22H,12-15,17H2,1-2H3,(H,25,28)/b18-16+. The average Bonchev–Trinajstić information content (AvgIpc) is 2.71. The van der Waals surface area contributed by atoms with Gasteiger partial charge >= 0.3 is 0 Å². The number of hydrogen-bond acceptors (Lipinski definition) is 3. The highest BCUT2D eigenvalue weighted by molar-refractivity contribution is 6.31. The SMILES string of the molecule is C/C(=C\c1ccccc1)C(=O)NCC(c1ccccc1Cl)N1CCN(C)CC1. The number of rotatable bonds is 6. The second kappa shape index (κ2) is 9.87. The molecular weight excluding hydrogens is 370 g/mol. The van der Waals surface area contributed by atoms with Crippen LogP contribution in [0.3, 0.4) is 0 Å². The van der Waals surface area contributed by atoms with Gasteiger partial charge in [-0.05, 0) is 37.2 Å². The van der Waals surface area contributed by atoms with Crippen molar-refractivity contribution in [1.82, 2.24) is 15.1 Å². The number of amides is 1. The van der Waals surface area contributed by atoms with E-state index in [1.807, 2.05) is 61.5 Å². The first-order chi connectivity index (χ1) is 13.5. The second-order valence-corrected chi connectivity index (χ2v) is 7.73. The molecule has 1 atom stereocenters. The highest BCUT2D eigenvalue weighted by Crippen LogP contribution is 2.28. The summed E-state index contributed by atoms with van der Waals surface area (Å²) in [6.07, 6.45) is 1.91. The van der Waals surface area contributed by atoms with Gasteiger partial charge in [0.05, 0.1) is 6.04 Å². The van der Waals surface area contributed by atoms with Crippen LogP contribution in [0.15, 0.2) is 60.2 Å². The highest BCUT2D eigenvalue weighted by atomic mass is 35.5. The number of halogens is 1. The Morgan fingerprint density at radius 2 is 1.71 bits per heavy atom. The predicted molar refractivity (Wildman–Crippen MR) is 116 cm³/mol. The van der Waals surface area contributed by atoms with Crippen LogP contribution in [0.5, 0.6) is 0 Å². The summed E-state index contributed by atoms with van der Waals surface area (Å²) in [6.45, 7) is 6.33. The molecular formula is C23H28ClN3O. The summed E-state index contributed by atoms with van der Waals surface area (Å²) >= 11 is 6.49. The first kappa shape index (κ1) is 20.6. The molecule has 1 fully saturated rings. The monoisotopic (exact) mass is 397 g/mol. The summed E-state index contributed by atoms with van der Waals surface area (Å²) in [6, 6.07) is 17.9. The molecule has 2 aromatic rings. The molecule has 0 bridgehead atoms. The average molecular weight is 398 g/mol. The molecule has 5 heteroatoms. The van der Waals surface area contributed by atoms with Crippen LogP contribution in [0, 0.1) is 0 Å². The van der Waals surface area contributed by atoms with Crippen molar-refractivity contribution in [2.45, 2.75) is 13.0 Å². The molecule has 1 amide bonds. The van der Waals surface area contributed by atoms with Gasteiger partial charge in [0.1, 0.15) is 0 Å². The smallest absolute Gasteiger partial charge is 0.247 e. The maximum Gasteiger partial charge on any atom is 0.247 e. The molecule has 148 valence electrons. The van der Waals surface area contributed by atoms with Crippen LogP contribution in [0.4, 0.5) is 0 Å². The van der Waals surface area contributed by atoms with Crippen molar-refractivity contribution in [3.8, 4) is 0 Å². The zero-order chi connectivity index (χ0) is 19.9. The van der Waals surface area contributed by atoms with Gasteiger partial charge in [-0.1, -0.05) is 60.1 Å². The van der Waals surface area contributed by atoms with Crippen molar-refractivity contribution in [3.63, 3.8) is 0 Å². The first-order valence-corrected chi connectivity index (χ1v) is 10.1. The minimum atomic E-state index is -0.0463. The topological polar surface area (TPSA) is 35.6 Å². The van der Waals surface area contributed by atoms with Crippen LogP contribution < -0.4 is 5.32 Å². The molecule has 0 spiro atoms. The molecule has 1 unspecified atom stereocenters. The lowest BCUT2D eigenvalue weighted by molar-refractivity contribution is -0.117. The van der Waals surface area contributed by atoms with E-state index in [0.717, 1.165) is 42.3 Å². The minimum absolute atomic E-state index is 0.0463. The van der Waals surface area contributed by atoms with Crippen LogP contribution in [0.2, 0.25) is 5.02 Å². The van der Waals surface area contributed by atoms with Crippen molar-refractivity contribution in [3.05, 3.63) is 76.3 Å². The third-order valence-corrected chi connectivity index (χ3v) is 5.58. The van der Waals surface area contributed by atoms with Crippen molar-refractivity contribution in [2.24, 2.45) is 0 Å². The molecule has 2 aromatic carbocycles. The van der Waals surface area contributed by atoms with Gasteiger partial charge in [-0.2, -0.15) is 0 Å². The zero-order valence-corrected chi connectivity index (χ0v) is 17.3. The lowest BCUT2D eigenvalue weighted by Gasteiger charge is -2.38. The fourth-order valence-corrected chi connectivity index (χ4v) is 3.77. The van der Waals surface area contributed by atoms with Gasteiger partial charge in [0, 0.05) is 43.3 Å². The van der Waals surface area contributed by atoms with E-state index in [0.29, 0.717) is 12.1 Å². The number of nitrogens with zero attached hydrogens (tertiary/aromatic N) is 2. The number of carbonyl (C=O) groups is 1. The Labute approximate surface area is 172 Å². The maximum atomic E-state index is 12.7. The van der Waals surface area contributed by atoms with Gasteiger partial charge in [0.2, 0.25) is 5.91 Å². The number of piperazine rings is 1. The fraction of sp³-hybridized carbons (Fsp3) is 0.348. The Hall–Kier alpha value is -2.14. The van der Waals surface area contributed by atoms with Gasteiger partial charge in [0.25, 0.3) is 0 Å². The number of nitrogens with one attached hydrogen (secondary N) is 1. The summed E-state index contributed by atoms with van der Waals surface area (Å²) in [5.41, 5.74) is 2.79. The molecule has 1 aliphatic rings. The Morgan fingerprint density at radius 3 is 2.39 bits per heavy atom. The van der Waals surface area contributed by atoms with Crippen molar-refractivity contribution in [1.29, 1.82) is 0 Å². The lowest BCUT2D eigenvalue weighted by atomic mass is 10.0. The molecule has 0 radical (unpaired) electrons. The Balaban J connectivity index is 1.72. The summed E-state index contributed by atoms with van der Waals surface area (Å²) in [7, 11) is 2.14. The Bertz CT molecular complexity index is 814. The zero-order valence-electron chi connectivity index (χ0n) is 16.6. The molecule has 0 aromatic heterocycles. The molecule has 0 saturated carbocycles. The summed E-state index contributed by atoms with van der Waals surface area (Å²) < 4.78 is 0. The van der Waals surface area contributed by atoms with E-state index >= 15 is 0 Å². The number of carbonyl (C=O) groups excluding carboxylic acids is 1. The van der Waals surface area contributed by atoms with Crippen LogP contribution in [0.25, 0.3) is 6.08 Å². The Kier molecular flexibility index (Phi) is 7.26. The van der Waals surface area contributed by atoms with Crippen molar-refractivity contribution < 1.29 is 4.79 Å². The van der Waals surface area contributed by atoms with E-state index in [1.165, 1.54) is 0 Å². The van der Waals surface area contributed by atoms with Gasteiger partial charge in [-0.3, -0.25) is 9.69 Å². The van der Waals surface area contributed by atoms with E-state index in [2.05, 4.69) is 28.2 Å². The van der Waals surface area contributed by atoms with Crippen molar-refractivity contribution in [2.75, 3.05) is 39.8 Å². The van der Waals surface area contributed by atoms with Crippen LogP contribution in [0.1, 0.15) is 24.1 Å². The third-order valence-electron chi connectivity index (χ3n) is 5.24. The quantitative estimate of drug-likeness (QED) is 0.752. The second-order valence-electron chi connectivity index (χ2n) is 7.32. The largest absolute Gasteiger partial charge is 0.350 e. The number of hydrogen-bond donors (Lipinski definition) is 1. The minimum Gasteiger partial charge on any atom is -0.350 e. The lowest BCUT2D eigenvalue weighted by Crippen LogP contribution is -2.48. The summed E-state index contributed by atoms with van der Waals surface area (Å²) in [4.78, 5) is 17.4. The van der Waals surface area contributed by atoms with Gasteiger partial charge < -0.3 is 10.2 Å². The predicted octanol–water partition coefficient (Wildman–Crippen LogP) is 3.85. The van der Waals surface area contributed by atoms with Gasteiger partial charge in [0.15, 0.2) is 0 Å². The molecule has 0 aliphatic carbocycles. The van der Waals surface area contributed by atoms with E-state index in [4.69, 9.17) is 11.6 Å². The molecule has 4 nitrogen and oxygen atoms in total. The number of likely N-dealkylation sites (N-methyl/N-ethyl adjacent to an activating group) is 1. The van der Waals surface area contributed by atoms with Crippen LogP contribution >= 0.6 is 11.6 Å². The molecule has 1 saturated heterocycles. The third kappa shape index (κ3) is 5.44. The van der Waals surface area contributed by atoms with Gasteiger partial charge in [-0.15, -0.1) is 0 Å². The number of benzene rings is 2. The van der Waals surface area contributed by atoms with E-state index < -0.39 is 0 Å². The van der Waals surface area contributed by atoms with E-state index in [9.17, 15) is 4.79 Å². The Morgan fingerprint density at radius 1 is 1.07 bits per heavy atom. The van der Waals surface area contributed by atoms with Gasteiger partial charge in [-0.25, -0.2) is 0 Å². The molecule has 1 N–H and O–H groups in total. The van der Waals surface area contributed by atoms with Crippen LogP contribution in [-0.2, 0) is 4.79 Å². The summed E-state index contributed by atoms with van der Waals surface area (Å²) in [5, 5.41) is 3.86. The summed E-state index contributed by atoms with van der Waals surface area (Å²) in [5.74, 6) is -0.0463. The van der Waals surface area contributed by atoms with Crippen LogP contribution in [-0.4, -0.2) is 55.5 Å². The van der Waals surface area contributed by atoms with Crippen molar-refractivity contribution >= 4 is 23.6 Å². The maximum absolute atomic E-state index is 12.7. The highest BCUT2D eigenvalue weighted by Gasteiger charge is 2.26. The normalized spacial score (nSPS) is 17.3. The fourth-order valence-electron chi connectivity index (χ4n) is 3.51. The van der Waals surface area contributed by atoms with E-state index in [-0.39, 0.29) is 11.9 Å².